The zero-order valence-electron chi connectivity index (χ0n) is 20.1. The van der Waals surface area contributed by atoms with Gasteiger partial charge in [-0.2, -0.15) is 0 Å². The standard InChI is InChI=1S/C27H28ClNO6/c1-5-6-11-29-23(16-7-9-19(10-8-16)34-15(2)3)22(25(31)27(29)32)24(30)20-13-17-12-18(28)14-21(33-4)26(17)35-20/h7-10,12-15,23,31H,5-6,11H2,1-4H3. The van der Waals surface area contributed by atoms with E-state index in [1.54, 1.807) is 30.3 Å². The van der Waals surface area contributed by atoms with Crippen LogP contribution in [0.15, 0.2) is 58.2 Å². The van der Waals surface area contributed by atoms with Crippen LogP contribution in [0.4, 0.5) is 0 Å². The molecule has 1 aliphatic heterocycles. The number of hydrogen-bond donors (Lipinski definition) is 1. The fourth-order valence-electron chi connectivity index (χ4n) is 4.27. The molecule has 1 atom stereocenters. The summed E-state index contributed by atoms with van der Waals surface area (Å²) in [6, 6.07) is 11.2. The first kappa shape index (κ1) is 24.7. The average Bonchev–Trinajstić information content (AvgIpc) is 3.36. The minimum absolute atomic E-state index is 0.00891. The fourth-order valence-corrected chi connectivity index (χ4v) is 4.49. The lowest BCUT2D eigenvalue weighted by Crippen LogP contribution is -2.32. The van der Waals surface area contributed by atoms with Crippen molar-refractivity contribution >= 4 is 34.3 Å². The van der Waals surface area contributed by atoms with Crippen LogP contribution < -0.4 is 9.47 Å². The number of carbonyl (C=O) groups excluding carboxylic acids is 2. The van der Waals surface area contributed by atoms with Crippen molar-refractivity contribution in [2.75, 3.05) is 13.7 Å². The first-order chi connectivity index (χ1) is 16.7. The molecule has 0 saturated heterocycles. The number of aliphatic hydroxyl groups is 1. The number of methoxy groups -OCH3 is 1. The van der Waals surface area contributed by atoms with Gasteiger partial charge in [0.2, 0.25) is 5.78 Å². The first-order valence-electron chi connectivity index (χ1n) is 11.6. The fraction of sp³-hybridized carbons (Fsp3) is 0.333. The molecule has 1 amide bonds. The highest BCUT2D eigenvalue weighted by Gasteiger charge is 2.44. The normalized spacial score (nSPS) is 16.0. The molecule has 7 nitrogen and oxygen atoms in total. The van der Waals surface area contributed by atoms with Crippen molar-refractivity contribution in [2.24, 2.45) is 0 Å². The van der Waals surface area contributed by atoms with Gasteiger partial charge < -0.3 is 23.9 Å². The molecule has 0 bridgehead atoms. The Labute approximate surface area is 208 Å². The predicted molar refractivity (Wildman–Crippen MR) is 133 cm³/mol. The Balaban J connectivity index is 1.78. The van der Waals surface area contributed by atoms with Crippen LogP contribution in [-0.2, 0) is 4.79 Å². The van der Waals surface area contributed by atoms with E-state index in [1.807, 2.05) is 32.9 Å². The van der Waals surface area contributed by atoms with Crippen molar-refractivity contribution in [3.63, 3.8) is 0 Å². The number of nitrogens with zero attached hydrogens (tertiary/aromatic N) is 1. The molecule has 0 aliphatic carbocycles. The average molecular weight is 498 g/mol. The topological polar surface area (TPSA) is 89.2 Å². The molecular formula is C27H28ClNO6. The van der Waals surface area contributed by atoms with E-state index in [9.17, 15) is 14.7 Å². The number of fused-ring (bicyclic) bond motifs is 1. The monoisotopic (exact) mass is 497 g/mol. The predicted octanol–water partition coefficient (Wildman–Crippen LogP) is 6.26. The number of aliphatic hydroxyl groups excluding tert-OH is 1. The van der Waals surface area contributed by atoms with Crippen molar-refractivity contribution < 1.29 is 28.6 Å². The molecule has 0 fully saturated rings. The van der Waals surface area contributed by atoms with Gasteiger partial charge in [0.05, 0.1) is 24.8 Å². The summed E-state index contributed by atoms with van der Waals surface area (Å²) in [7, 11) is 1.48. The Morgan fingerprint density at radius 3 is 2.54 bits per heavy atom. The molecule has 0 spiro atoms. The summed E-state index contributed by atoms with van der Waals surface area (Å²) < 4.78 is 16.9. The number of carbonyl (C=O) groups is 2. The van der Waals surface area contributed by atoms with Gasteiger partial charge in [-0.25, -0.2) is 0 Å². The van der Waals surface area contributed by atoms with Gasteiger partial charge in [-0.1, -0.05) is 37.1 Å². The summed E-state index contributed by atoms with van der Waals surface area (Å²) in [5.41, 5.74) is 1.03. The summed E-state index contributed by atoms with van der Waals surface area (Å²) in [5, 5.41) is 11.8. The van der Waals surface area contributed by atoms with Gasteiger partial charge in [-0.15, -0.1) is 0 Å². The SMILES string of the molecule is CCCCN1C(=O)C(O)=C(C(=O)c2cc3cc(Cl)cc(OC)c3o2)C1c1ccc(OC(C)C)cc1. The zero-order chi connectivity index (χ0) is 25.3. The number of furan rings is 1. The molecule has 1 unspecified atom stereocenters. The van der Waals surface area contributed by atoms with Gasteiger partial charge in [0.25, 0.3) is 5.91 Å². The highest BCUT2D eigenvalue weighted by molar-refractivity contribution is 6.31. The quantitative estimate of drug-likeness (QED) is 0.351. The number of ketones is 1. The number of hydrogen-bond acceptors (Lipinski definition) is 6. The van der Waals surface area contributed by atoms with Gasteiger partial charge in [-0.05, 0) is 50.1 Å². The molecule has 1 N–H and O–H groups in total. The zero-order valence-corrected chi connectivity index (χ0v) is 20.9. The maximum atomic E-state index is 13.7. The van der Waals surface area contributed by atoms with Gasteiger partial charge in [-0.3, -0.25) is 9.59 Å². The van der Waals surface area contributed by atoms with E-state index in [2.05, 4.69) is 0 Å². The highest BCUT2D eigenvalue weighted by Crippen LogP contribution is 2.41. The smallest absolute Gasteiger partial charge is 0.290 e. The second-order valence-corrected chi connectivity index (χ2v) is 9.16. The number of rotatable bonds is 9. The molecule has 3 aromatic rings. The van der Waals surface area contributed by atoms with E-state index in [0.717, 1.165) is 12.8 Å². The summed E-state index contributed by atoms with van der Waals surface area (Å²) in [5.74, 6) is -0.673. The first-order valence-corrected chi connectivity index (χ1v) is 11.9. The third-order valence-corrected chi connectivity index (χ3v) is 6.08. The Hall–Kier alpha value is -3.45. The van der Waals surface area contributed by atoms with E-state index < -0.39 is 23.5 Å². The molecule has 2 heterocycles. The molecule has 8 heteroatoms. The summed E-state index contributed by atoms with van der Waals surface area (Å²) in [6.45, 7) is 6.28. The number of halogens is 1. The Morgan fingerprint density at radius 1 is 1.20 bits per heavy atom. The van der Waals surface area contributed by atoms with Crippen molar-refractivity contribution in [2.45, 2.75) is 45.8 Å². The molecule has 4 rings (SSSR count). The third-order valence-electron chi connectivity index (χ3n) is 5.86. The van der Waals surface area contributed by atoms with Gasteiger partial charge in [0, 0.05) is 23.0 Å². The number of unbranched alkanes of at least 4 members (excludes halogenated alkanes) is 1. The summed E-state index contributed by atoms with van der Waals surface area (Å²) in [4.78, 5) is 28.3. The largest absolute Gasteiger partial charge is 0.503 e. The number of benzene rings is 2. The van der Waals surface area contributed by atoms with Crippen molar-refractivity contribution in [3.05, 3.63) is 70.1 Å². The third kappa shape index (κ3) is 4.73. The Morgan fingerprint density at radius 2 is 1.91 bits per heavy atom. The summed E-state index contributed by atoms with van der Waals surface area (Å²) >= 11 is 6.16. The molecule has 1 aromatic heterocycles. The minimum Gasteiger partial charge on any atom is -0.503 e. The van der Waals surface area contributed by atoms with Crippen molar-refractivity contribution in [3.8, 4) is 11.5 Å². The second-order valence-electron chi connectivity index (χ2n) is 8.72. The van der Waals surface area contributed by atoms with E-state index in [-0.39, 0.29) is 17.4 Å². The van der Waals surface area contributed by atoms with E-state index in [1.165, 1.54) is 12.0 Å². The number of ether oxygens (including phenoxy) is 2. The number of amides is 1. The second kappa shape index (κ2) is 10.0. The highest BCUT2D eigenvalue weighted by atomic mass is 35.5. The van der Waals surface area contributed by atoms with Crippen LogP contribution in [0.3, 0.4) is 0 Å². The lowest BCUT2D eigenvalue weighted by atomic mass is 9.95. The molecule has 2 aromatic carbocycles. The summed E-state index contributed by atoms with van der Waals surface area (Å²) in [6.07, 6.45) is 1.59. The van der Waals surface area contributed by atoms with Crippen LogP contribution in [0.25, 0.3) is 11.0 Å². The lowest BCUT2D eigenvalue weighted by Gasteiger charge is -2.26. The maximum absolute atomic E-state index is 13.7. The lowest BCUT2D eigenvalue weighted by molar-refractivity contribution is -0.129. The van der Waals surface area contributed by atoms with Crippen LogP contribution in [0.5, 0.6) is 11.5 Å². The van der Waals surface area contributed by atoms with Gasteiger partial charge in [0.1, 0.15) is 5.75 Å². The van der Waals surface area contributed by atoms with Gasteiger partial charge >= 0.3 is 0 Å². The molecule has 1 aliphatic rings. The van der Waals surface area contributed by atoms with Crippen LogP contribution in [-0.4, -0.2) is 41.5 Å². The Kier molecular flexibility index (Phi) is 7.08. The van der Waals surface area contributed by atoms with Gasteiger partial charge in [0.15, 0.2) is 22.9 Å². The van der Waals surface area contributed by atoms with Crippen molar-refractivity contribution in [1.82, 2.24) is 4.90 Å². The molecule has 0 radical (unpaired) electrons. The molecule has 184 valence electrons. The van der Waals surface area contributed by atoms with Crippen LogP contribution in [0, 0.1) is 0 Å². The minimum atomic E-state index is -0.756. The van der Waals surface area contributed by atoms with E-state index in [4.69, 9.17) is 25.5 Å². The van der Waals surface area contributed by atoms with Crippen molar-refractivity contribution in [1.29, 1.82) is 0 Å². The van der Waals surface area contributed by atoms with Crippen LogP contribution >= 0.6 is 11.6 Å². The van der Waals surface area contributed by atoms with E-state index >= 15 is 0 Å². The van der Waals surface area contributed by atoms with Crippen LogP contribution in [0.1, 0.15) is 55.8 Å². The molecule has 0 saturated carbocycles. The molecule has 35 heavy (non-hydrogen) atoms. The van der Waals surface area contributed by atoms with Crippen LogP contribution in [0.2, 0.25) is 5.02 Å². The maximum Gasteiger partial charge on any atom is 0.290 e. The molecular weight excluding hydrogens is 470 g/mol. The van der Waals surface area contributed by atoms with E-state index in [0.29, 0.717) is 39.6 Å². The number of Topliss-reactive ketones (excluding diaryl/α,β-unsaturated/α-hetero) is 1. The Bertz CT molecular complexity index is 1290.